The molecule has 1 aromatic rings. The molecule has 116 valence electrons. The molecule has 0 amide bonds. The molecule has 0 aromatic heterocycles. The molecule has 6 heteroatoms. The van der Waals surface area contributed by atoms with E-state index in [4.69, 9.17) is 24.5 Å². The highest BCUT2D eigenvalue weighted by molar-refractivity contribution is 6.47. The minimum absolute atomic E-state index is 0.415. The Bertz CT molecular complexity index is 502. The van der Waals surface area contributed by atoms with Crippen LogP contribution in [-0.4, -0.2) is 32.5 Å². The van der Waals surface area contributed by atoms with Crippen molar-refractivity contribution >= 4 is 7.12 Å². The molecule has 1 aromatic carbocycles. The van der Waals surface area contributed by atoms with E-state index in [2.05, 4.69) is 0 Å². The average Bonchev–Trinajstić information content (AvgIpc) is 2.66. The molecule has 21 heavy (non-hydrogen) atoms. The van der Waals surface area contributed by atoms with Crippen molar-refractivity contribution in [2.45, 2.75) is 44.8 Å². The van der Waals surface area contributed by atoms with Crippen LogP contribution in [0.1, 0.15) is 39.2 Å². The lowest BCUT2D eigenvalue weighted by molar-refractivity contribution is 0.00578. The molecule has 2 N–H and O–H groups in total. The van der Waals surface area contributed by atoms with Crippen molar-refractivity contribution in [3.63, 3.8) is 0 Å². The van der Waals surface area contributed by atoms with E-state index in [1.54, 1.807) is 14.2 Å². The fraction of sp³-hybridized carbons (Fsp3) is 0.600. The van der Waals surface area contributed by atoms with Crippen molar-refractivity contribution in [2.24, 2.45) is 5.73 Å². The van der Waals surface area contributed by atoms with Crippen molar-refractivity contribution in [2.75, 3.05) is 14.2 Å². The summed E-state index contributed by atoms with van der Waals surface area (Å²) < 4.78 is 22.7. The summed E-state index contributed by atoms with van der Waals surface area (Å²) in [6.45, 7) is 8.01. The Morgan fingerprint density at radius 3 is 2.10 bits per heavy atom. The second-order valence-corrected chi connectivity index (χ2v) is 6.26. The first kappa shape index (κ1) is 16.1. The molecule has 0 radical (unpaired) electrons. The quantitative estimate of drug-likeness (QED) is 0.863. The average molecular weight is 293 g/mol. The maximum Gasteiger partial charge on any atom is 0.480 e. The Morgan fingerprint density at radius 2 is 1.62 bits per heavy atom. The minimum atomic E-state index is -0.531. The van der Waals surface area contributed by atoms with E-state index < -0.39 is 24.3 Å². The van der Waals surface area contributed by atoms with Gasteiger partial charge in [0.1, 0.15) is 11.5 Å². The third-order valence-corrected chi connectivity index (χ3v) is 4.36. The topological polar surface area (TPSA) is 62.9 Å². The van der Waals surface area contributed by atoms with Gasteiger partial charge in [-0.2, -0.15) is 0 Å². The van der Waals surface area contributed by atoms with E-state index >= 15 is 0 Å². The van der Waals surface area contributed by atoms with Gasteiger partial charge in [0, 0.05) is 5.56 Å². The Hall–Kier alpha value is -1.24. The lowest BCUT2D eigenvalue weighted by Gasteiger charge is -2.32. The van der Waals surface area contributed by atoms with Gasteiger partial charge in [-0.15, -0.1) is 0 Å². The number of hydrogen-bond acceptors (Lipinski definition) is 5. The highest BCUT2D eigenvalue weighted by atomic mass is 16.7. The summed E-state index contributed by atoms with van der Waals surface area (Å²) >= 11 is 0. The molecule has 1 aliphatic heterocycles. The third kappa shape index (κ3) is 2.88. The Balaban J connectivity index is 2.31. The van der Waals surface area contributed by atoms with E-state index in [1.807, 2.05) is 45.9 Å². The first-order valence-corrected chi connectivity index (χ1v) is 7.05. The van der Waals surface area contributed by atoms with Crippen molar-refractivity contribution in [3.8, 4) is 11.5 Å². The van der Waals surface area contributed by atoms with E-state index in [0.29, 0.717) is 5.75 Å². The normalized spacial score (nSPS) is 21.2. The lowest BCUT2D eigenvalue weighted by atomic mass is 9.74. The van der Waals surface area contributed by atoms with Gasteiger partial charge in [-0.05, 0) is 45.9 Å². The number of nitrogens with two attached hydrogens (primary N) is 1. The zero-order valence-electron chi connectivity index (χ0n) is 13.6. The molecule has 1 aliphatic rings. The fourth-order valence-electron chi connectivity index (χ4n) is 2.28. The monoisotopic (exact) mass is 293 g/mol. The minimum Gasteiger partial charge on any atom is -0.497 e. The summed E-state index contributed by atoms with van der Waals surface area (Å²) in [5, 5.41) is 0. The van der Waals surface area contributed by atoms with Crippen LogP contribution in [0.4, 0.5) is 0 Å². The predicted octanol–water partition coefficient (Wildman–Crippen LogP) is 2.33. The lowest BCUT2D eigenvalue weighted by Crippen LogP contribution is -2.41. The van der Waals surface area contributed by atoms with Crippen LogP contribution < -0.4 is 15.2 Å². The number of methoxy groups -OCH3 is 2. The van der Waals surface area contributed by atoms with E-state index in [-0.39, 0.29) is 0 Å². The van der Waals surface area contributed by atoms with Gasteiger partial charge < -0.3 is 24.5 Å². The van der Waals surface area contributed by atoms with Crippen molar-refractivity contribution < 1.29 is 18.8 Å². The van der Waals surface area contributed by atoms with Gasteiger partial charge >= 0.3 is 7.12 Å². The van der Waals surface area contributed by atoms with Gasteiger partial charge in [0.05, 0.1) is 31.4 Å². The maximum absolute atomic E-state index is 6.36. The van der Waals surface area contributed by atoms with E-state index in [9.17, 15) is 0 Å². The van der Waals surface area contributed by atoms with E-state index in [0.717, 1.165) is 11.3 Å². The molecule has 1 heterocycles. The second kappa shape index (κ2) is 5.52. The number of rotatable bonds is 4. The molecule has 0 bridgehead atoms. The van der Waals surface area contributed by atoms with Gasteiger partial charge in [-0.1, -0.05) is 0 Å². The van der Waals surface area contributed by atoms with Crippen LogP contribution in [0.3, 0.4) is 0 Å². The molecule has 0 aliphatic carbocycles. The van der Waals surface area contributed by atoms with Crippen LogP contribution in [-0.2, 0) is 9.31 Å². The Kier molecular flexibility index (Phi) is 4.24. The van der Waals surface area contributed by atoms with E-state index in [1.165, 1.54) is 0 Å². The van der Waals surface area contributed by atoms with Crippen LogP contribution in [0, 0.1) is 0 Å². The van der Waals surface area contributed by atoms with Crippen LogP contribution in [0.5, 0.6) is 11.5 Å². The van der Waals surface area contributed by atoms with Crippen molar-refractivity contribution in [3.05, 3.63) is 23.8 Å². The van der Waals surface area contributed by atoms with Crippen LogP contribution in [0.25, 0.3) is 0 Å². The van der Waals surface area contributed by atoms with Crippen LogP contribution >= 0.6 is 0 Å². The summed E-state index contributed by atoms with van der Waals surface area (Å²) in [5.41, 5.74) is 6.33. The van der Waals surface area contributed by atoms with Crippen LogP contribution in [0.2, 0.25) is 0 Å². The summed E-state index contributed by atoms with van der Waals surface area (Å²) in [4.78, 5) is 0. The molecule has 2 rings (SSSR count). The largest absolute Gasteiger partial charge is 0.497 e. The Morgan fingerprint density at radius 1 is 1.05 bits per heavy atom. The predicted molar refractivity (Wildman–Crippen MR) is 82.6 cm³/mol. The van der Waals surface area contributed by atoms with Crippen LogP contribution in [0.15, 0.2) is 18.2 Å². The SMILES string of the molecule is COc1ccc(OC)c([C@H](N)B2OC(C)(C)C(C)(C)O2)c1. The smallest absolute Gasteiger partial charge is 0.480 e. The second-order valence-electron chi connectivity index (χ2n) is 6.26. The number of hydrogen-bond donors (Lipinski definition) is 1. The van der Waals surface area contributed by atoms with Gasteiger partial charge in [0.25, 0.3) is 0 Å². The summed E-state index contributed by atoms with van der Waals surface area (Å²) in [5.74, 6) is 0.951. The maximum atomic E-state index is 6.36. The molecular weight excluding hydrogens is 269 g/mol. The zero-order valence-corrected chi connectivity index (χ0v) is 13.6. The summed E-state index contributed by atoms with van der Waals surface area (Å²) in [6, 6.07) is 5.52. The zero-order chi connectivity index (χ0) is 15.8. The summed E-state index contributed by atoms with van der Waals surface area (Å²) in [7, 11) is 2.70. The Labute approximate surface area is 126 Å². The molecule has 0 spiro atoms. The number of ether oxygens (including phenoxy) is 2. The standard InChI is InChI=1S/C15H24BNO4/c1-14(2)15(3,4)21-16(20-14)13(17)11-9-10(18-5)7-8-12(11)19-6/h7-9,13H,17H2,1-6H3/t13-/m0/s1. The van der Waals surface area contributed by atoms with Gasteiger partial charge in [-0.3, -0.25) is 0 Å². The molecule has 1 atom stereocenters. The van der Waals surface area contributed by atoms with Gasteiger partial charge in [-0.25, -0.2) is 0 Å². The number of benzene rings is 1. The fourth-order valence-corrected chi connectivity index (χ4v) is 2.28. The first-order chi connectivity index (χ1) is 9.71. The molecule has 1 fully saturated rings. The summed E-state index contributed by atoms with van der Waals surface area (Å²) in [6.07, 6.45) is 0. The third-order valence-electron chi connectivity index (χ3n) is 4.36. The highest BCUT2D eigenvalue weighted by Crippen LogP contribution is 2.41. The first-order valence-electron chi connectivity index (χ1n) is 7.05. The molecule has 0 unspecified atom stereocenters. The van der Waals surface area contributed by atoms with Crippen molar-refractivity contribution in [1.82, 2.24) is 0 Å². The molecule has 0 saturated carbocycles. The van der Waals surface area contributed by atoms with Crippen molar-refractivity contribution in [1.29, 1.82) is 0 Å². The molecule has 1 saturated heterocycles. The highest BCUT2D eigenvalue weighted by Gasteiger charge is 2.53. The van der Waals surface area contributed by atoms with Gasteiger partial charge in [0.15, 0.2) is 0 Å². The molecular formula is C15H24BNO4. The molecule has 5 nitrogen and oxygen atoms in total. The van der Waals surface area contributed by atoms with Gasteiger partial charge in [0.2, 0.25) is 0 Å².